The van der Waals surface area contributed by atoms with Crippen LogP contribution in [-0.2, 0) is 20.4 Å². The number of aliphatic hydroxyl groups excluding tert-OH is 1. The molecule has 192 valence electrons. The summed E-state index contributed by atoms with van der Waals surface area (Å²) in [6.07, 6.45) is 1.05. The molecular weight excluding hydrogens is 486 g/mol. The fraction of sp³-hybridized carbons (Fsp3) is 0.600. The number of nitrogens with zero attached hydrogens (tertiary/aromatic N) is 3. The van der Waals surface area contributed by atoms with Crippen LogP contribution in [0.25, 0.3) is 0 Å². The molecule has 3 aliphatic heterocycles. The zero-order chi connectivity index (χ0) is 24.8. The minimum Gasteiger partial charge on any atom is -0.393 e. The third-order valence-electron chi connectivity index (χ3n) is 7.51. The van der Waals surface area contributed by atoms with Crippen LogP contribution in [0.15, 0.2) is 46.0 Å². The van der Waals surface area contributed by atoms with E-state index >= 15 is 0 Å². The third-order valence-corrected chi connectivity index (χ3v) is 10.7. The van der Waals surface area contributed by atoms with E-state index in [0.29, 0.717) is 56.4 Å². The second-order valence-electron chi connectivity index (χ2n) is 10.4. The number of benzene rings is 1. The highest BCUT2D eigenvalue weighted by Crippen LogP contribution is 2.32. The van der Waals surface area contributed by atoms with Crippen LogP contribution in [0.5, 0.6) is 0 Å². The van der Waals surface area contributed by atoms with E-state index in [1.165, 1.54) is 11.3 Å². The van der Waals surface area contributed by atoms with Crippen LogP contribution in [0.3, 0.4) is 0 Å². The molecule has 2 aromatic rings. The third kappa shape index (κ3) is 5.16. The van der Waals surface area contributed by atoms with Crippen LogP contribution in [0.4, 0.5) is 5.69 Å². The van der Waals surface area contributed by atoms with Crippen LogP contribution in [-0.4, -0.2) is 91.5 Å². The molecule has 0 aliphatic carbocycles. The van der Waals surface area contributed by atoms with Gasteiger partial charge in [0, 0.05) is 44.0 Å². The number of thiophene rings is 1. The highest BCUT2D eigenvalue weighted by molar-refractivity contribution is 7.91. The lowest BCUT2D eigenvalue weighted by Gasteiger charge is -2.51. The van der Waals surface area contributed by atoms with Gasteiger partial charge in [-0.2, -0.15) is 4.31 Å². The van der Waals surface area contributed by atoms with Gasteiger partial charge in [-0.1, -0.05) is 18.2 Å². The number of aliphatic hydroxyl groups is 2. The Kier molecular flexibility index (Phi) is 6.99. The number of ether oxygens (including phenoxy) is 1. The molecule has 0 spiro atoms. The van der Waals surface area contributed by atoms with Crippen LogP contribution in [0, 0.1) is 0 Å². The molecule has 1 aromatic carbocycles. The molecule has 2 bridgehead atoms. The lowest BCUT2D eigenvalue weighted by atomic mass is 9.91. The molecule has 0 radical (unpaired) electrons. The maximum atomic E-state index is 13.3. The predicted octanol–water partition coefficient (Wildman–Crippen LogP) is 2.08. The summed E-state index contributed by atoms with van der Waals surface area (Å²) in [5.74, 6) is 0. The van der Waals surface area contributed by atoms with Gasteiger partial charge >= 0.3 is 0 Å². The van der Waals surface area contributed by atoms with Crippen LogP contribution in [0.2, 0.25) is 0 Å². The minimum absolute atomic E-state index is 0.0511. The van der Waals surface area contributed by atoms with Crippen molar-refractivity contribution in [3.05, 3.63) is 47.3 Å². The molecule has 8 nitrogen and oxygen atoms in total. The Bertz CT molecular complexity index is 1090. The topological polar surface area (TPSA) is 93.6 Å². The number of hydrogen-bond donors (Lipinski definition) is 2. The van der Waals surface area contributed by atoms with E-state index in [-0.39, 0.29) is 24.2 Å². The van der Waals surface area contributed by atoms with Gasteiger partial charge in [0.05, 0.1) is 31.0 Å². The van der Waals surface area contributed by atoms with Gasteiger partial charge in [0.1, 0.15) is 4.21 Å². The normalized spacial score (nSPS) is 28.9. The van der Waals surface area contributed by atoms with Crippen molar-refractivity contribution in [1.29, 1.82) is 0 Å². The number of morpholine rings is 1. The molecule has 1 aromatic heterocycles. The molecule has 1 unspecified atom stereocenters. The molecule has 0 saturated carbocycles. The monoisotopic (exact) mass is 521 g/mol. The Morgan fingerprint density at radius 2 is 1.77 bits per heavy atom. The van der Waals surface area contributed by atoms with E-state index < -0.39 is 15.6 Å². The first-order valence-corrected chi connectivity index (χ1v) is 14.6. The van der Waals surface area contributed by atoms with E-state index in [1.54, 1.807) is 35.7 Å². The first-order valence-electron chi connectivity index (χ1n) is 12.3. The summed E-state index contributed by atoms with van der Waals surface area (Å²) in [5, 5.41) is 22.5. The Balaban J connectivity index is 1.42. The van der Waals surface area contributed by atoms with Crippen molar-refractivity contribution in [3.63, 3.8) is 0 Å². The van der Waals surface area contributed by atoms with E-state index in [9.17, 15) is 18.6 Å². The first-order chi connectivity index (χ1) is 16.6. The van der Waals surface area contributed by atoms with Gasteiger partial charge in [-0.15, -0.1) is 11.3 Å². The molecule has 2 N–H and O–H groups in total. The van der Waals surface area contributed by atoms with Crippen LogP contribution in [0.1, 0.15) is 32.3 Å². The number of piperazine rings is 1. The van der Waals surface area contributed by atoms with E-state index in [2.05, 4.69) is 9.80 Å². The predicted molar refractivity (Wildman–Crippen MR) is 136 cm³/mol. The fourth-order valence-corrected chi connectivity index (χ4v) is 8.26. The Morgan fingerprint density at radius 3 is 2.37 bits per heavy atom. The molecule has 4 atom stereocenters. The molecule has 0 amide bonds. The molecule has 3 saturated heterocycles. The summed E-state index contributed by atoms with van der Waals surface area (Å²) in [7, 11) is -3.54. The quantitative estimate of drug-likeness (QED) is 0.601. The molecule has 4 heterocycles. The standard InChI is InChI=1S/C25H35N3O5S2/c1-25(2,30)18-5-7-19(8-6-18)27-10-9-26(35(31,32)24-4-3-11-34-24)14-22(27)15-28-20-12-23(29)13-21(28)17-33-16-20/h3-8,11,20-23,29-30H,9-10,12-17H2,1-2H3/t20-,21+,22-,23?/m1/s1. The van der Waals surface area contributed by atoms with Crippen molar-refractivity contribution >= 4 is 27.0 Å². The van der Waals surface area contributed by atoms with Gasteiger partial charge in [0.15, 0.2) is 0 Å². The largest absolute Gasteiger partial charge is 0.393 e. The van der Waals surface area contributed by atoms with Gasteiger partial charge in [-0.3, -0.25) is 4.90 Å². The zero-order valence-corrected chi connectivity index (χ0v) is 21.9. The Labute approximate surface area is 211 Å². The fourth-order valence-electron chi connectivity index (χ4n) is 5.64. The Morgan fingerprint density at radius 1 is 1.09 bits per heavy atom. The summed E-state index contributed by atoms with van der Waals surface area (Å²) in [6, 6.07) is 11.6. The number of piperidine rings is 1. The van der Waals surface area contributed by atoms with Crippen molar-refractivity contribution in [2.24, 2.45) is 0 Å². The van der Waals surface area contributed by atoms with Crippen molar-refractivity contribution in [2.75, 3.05) is 44.3 Å². The molecular formula is C25H35N3O5S2. The maximum absolute atomic E-state index is 13.3. The number of fused-ring (bicyclic) bond motifs is 2. The summed E-state index contributed by atoms with van der Waals surface area (Å²) in [5.41, 5.74) is 0.945. The molecule has 3 fully saturated rings. The van der Waals surface area contributed by atoms with Crippen molar-refractivity contribution in [3.8, 4) is 0 Å². The van der Waals surface area contributed by atoms with Gasteiger partial charge in [0.2, 0.25) is 0 Å². The lowest BCUT2D eigenvalue weighted by Crippen LogP contribution is -2.64. The SMILES string of the molecule is CC(C)(O)c1ccc(N2CCN(S(=O)(=O)c3cccs3)C[C@@H]2CN2[C@@H]3COC[C@H]2CC(O)C3)cc1. The highest BCUT2D eigenvalue weighted by Gasteiger charge is 2.42. The first kappa shape index (κ1) is 25.1. The van der Waals surface area contributed by atoms with Gasteiger partial charge in [-0.25, -0.2) is 8.42 Å². The molecule has 5 rings (SSSR count). The highest BCUT2D eigenvalue weighted by atomic mass is 32.2. The minimum atomic E-state index is -3.54. The zero-order valence-electron chi connectivity index (χ0n) is 20.3. The van der Waals surface area contributed by atoms with Crippen LogP contribution < -0.4 is 4.90 Å². The van der Waals surface area contributed by atoms with E-state index in [0.717, 1.165) is 11.3 Å². The van der Waals surface area contributed by atoms with Gasteiger partial charge < -0.3 is 19.8 Å². The number of sulfonamides is 1. The maximum Gasteiger partial charge on any atom is 0.252 e. The van der Waals surface area contributed by atoms with Gasteiger partial charge in [-0.05, 0) is 55.8 Å². The smallest absolute Gasteiger partial charge is 0.252 e. The van der Waals surface area contributed by atoms with Crippen molar-refractivity contribution in [2.45, 2.75) is 60.7 Å². The van der Waals surface area contributed by atoms with Gasteiger partial charge in [0.25, 0.3) is 10.0 Å². The van der Waals surface area contributed by atoms with E-state index in [1.807, 2.05) is 24.3 Å². The molecule has 35 heavy (non-hydrogen) atoms. The number of hydrogen-bond acceptors (Lipinski definition) is 8. The second-order valence-corrected chi connectivity index (χ2v) is 13.5. The van der Waals surface area contributed by atoms with Crippen LogP contribution >= 0.6 is 11.3 Å². The number of anilines is 1. The average Bonchev–Trinajstić information content (AvgIpc) is 3.35. The average molecular weight is 522 g/mol. The summed E-state index contributed by atoms with van der Waals surface area (Å²) in [6.45, 7) is 6.82. The summed E-state index contributed by atoms with van der Waals surface area (Å²) in [4.78, 5) is 4.73. The Hall–Kier alpha value is -1.53. The van der Waals surface area contributed by atoms with Crippen molar-refractivity contribution < 1.29 is 23.4 Å². The molecule has 3 aliphatic rings. The lowest BCUT2D eigenvalue weighted by molar-refractivity contribution is -0.107. The summed E-state index contributed by atoms with van der Waals surface area (Å²) >= 11 is 1.25. The molecule has 10 heteroatoms. The van der Waals surface area contributed by atoms with E-state index in [4.69, 9.17) is 4.74 Å². The number of rotatable bonds is 6. The summed E-state index contributed by atoms with van der Waals surface area (Å²) < 4.78 is 34.5. The second kappa shape index (κ2) is 9.74. The van der Waals surface area contributed by atoms with Crippen molar-refractivity contribution in [1.82, 2.24) is 9.21 Å².